The highest BCUT2D eigenvalue weighted by Gasteiger charge is 2.33. The van der Waals surface area contributed by atoms with Gasteiger partial charge in [0, 0.05) is 49.4 Å². The zero-order valence-electron chi connectivity index (χ0n) is 19.9. The van der Waals surface area contributed by atoms with E-state index in [0.717, 1.165) is 25.7 Å². The average molecular weight is 470 g/mol. The lowest BCUT2D eigenvalue weighted by Crippen LogP contribution is -2.54. The Morgan fingerprint density at radius 2 is 1.76 bits per heavy atom. The molecular weight excluding hydrogens is 436 g/mol. The topological polar surface area (TPSA) is 52.7 Å². The normalized spacial score (nSPS) is 19.4. The summed E-state index contributed by atoms with van der Waals surface area (Å²) in [5.41, 5.74) is 2.05. The Morgan fingerprint density at radius 3 is 2.47 bits per heavy atom. The molecule has 7 heteroatoms. The van der Waals surface area contributed by atoms with Crippen LogP contribution in [-0.2, 0) is 22.6 Å². The van der Waals surface area contributed by atoms with Crippen LogP contribution in [0.4, 0.5) is 14.5 Å². The van der Waals surface area contributed by atoms with Gasteiger partial charge in [0.05, 0.1) is 6.42 Å². The Morgan fingerprint density at radius 1 is 1.03 bits per heavy atom. The van der Waals surface area contributed by atoms with E-state index in [0.29, 0.717) is 48.6 Å². The van der Waals surface area contributed by atoms with Gasteiger partial charge in [-0.1, -0.05) is 31.0 Å². The van der Waals surface area contributed by atoms with E-state index in [9.17, 15) is 18.4 Å². The Bertz CT molecular complexity index is 1050. The number of nitrogens with one attached hydrogen (secondary N) is 1. The first-order valence-corrected chi connectivity index (χ1v) is 12.2. The third kappa shape index (κ3) is 5.46. The molecule has 5 nitrogen and oxygen atoms in total. The number of halogens is 2. The van der Waals surface area contributed by atoms with E-state index in [1.165, 1.54) is 12.1 Å². The predicted molar refractivity (Wildman–Crippen MR) is 128 cm³/mol. The van der Waals surface area contributed by atoms with E-state index in [1.807, 2.05) is 4.90 Å². The number of piperazine rings is 1. The largest absolute Gasteiger partial charge is 0.337 e. The molecule has 34 heavy (non-hydrogen) atoms. The second-order valence-electron chi connectivity index (χ2n) is 9.61. The maximum atomic E-state index is 14.8. The first-order valence-electron chi connectivity index (χ1n) is 12.2. The molecule has 1 aliphatic carbocycles. The van der Waals surface area contributed by atoms with Crippen LogP contribution in [0.3, 0.4) is 0 Å². The van der Waals surface area contributed by atoms with Crippen LogP contribution >= 0.6 is 0 Å². The highest BCUT2D eigenvalue weighted by Crippen LogP contribution is 2.29. The molecule has 0 spiro atoms. The van der Waals surface area contributed by atoms with Crippen LogP contribution in [0.1, 0.15) is 49.3 Å². The Hall–Kier alpha value is -2.80. The summed E-state index contributed by atoms with van der Waals surface area (Å²) in [6.45, 7) is 6.27. The number of nitrogens with zero attached hydrogens (tertiary/aromatic N) is 2. The quantitative estimate of drug-likeness (QED) is 0.669. The van der Waals surface area contributed by atoms with Gasteiger partial charge < -0.3 is 10.2 Å². The second-order valence-corrected chi connectivity index (χ2v) is 9.61. The summed E-state index contributed by atoms with van der Waals surface area (Å²) >= 11 is 0. The van der Waals surface area contributed by atoms with E-state index in [-0.39, 0.29) is 36.0 Å². The van der Waals surface area contributed by atoms with Gasteiger partial charge in [0.25, 0.3) is 0 Å². The van der Waals surface area contributed by atoms with Crippen LogP contribution < -0.4 is 5.32 Å². The SMILES string of the molecule is Cc1c(NC(=O)Cc2ccccc2F)ccc(F)c1CN1CCN(C(=O)C2CCCC2)[C@@H](C)C1. The number of carbonyl (C=O) groups is 2. The number of rotatable bonds is 6. The summed E-state index contributed by atoms with van der Waals surface area (Å²) in [5.74, 6) is -0.654. The minimum absolute atomic E-state index is 0.0777. The summed E-state index contributed by atoms with van der Waals surface area (Å²) in [4.78, 5) is 29.5. The highest BCUT2D eigenvalue weighted by atomic mass is 19.1. The molecule has 2 aromatic carbocycles. The molecule has 1 N–H and O–H groups in total. The molecular formula is C27H33F2N3O2. The fourth-order valence-corrected chi connectivity index (χ4v) is 5.20. The van der Waals surface area contributed by atoms with Gasteiger partial charge in [0.2, 0.25) is 11.8 Å². The zero-order chi connectivity index (χ0) is 24.2. The molecule has 4 rings (SSSR count). The third-order valence-electron chi connectivity index (χ3n) is 7.21. The van der Waals surface area contributed by atoms with Gasteiger partial charge in [-0.25, -0.2) is 8.78 Å². The van der Waals surface area contributed by atoms with Crippen LogP contribution in [-0.4, -0.2) is 47.3 Å². The Balaban J connectivity index is 1.40. The van der Waals surface area contributed by atoms with Crippen LogP contribution in [0.15, 0.2) is 36.4 Å². The molecule has 0 unspecified atom stereocenters. The number of hydrogen-bond acceptors (Lipinski definition) is 3. The number of hydrogen-bond donors (Lipinski definition) is 1. The lowest BCUT2D eigenvalue weighted by Gasteiger charge is -2.41. The van der Waals surface area contributed by atoms with Gasteiger partial charge >= 0.3 is 0 Å². The molecule has 1 heterocycles. The predicted octanol–water partition coefficient (Wildman–Crippen LogP) is 4.68. The van der Waals surface area contributed by atoms with Crippen molar-refractivity contribution in [1.82, 2.24) is 9.80 Å². The van der Waals surface area contributed by atoms with Gasteiger partial charge in [-0.05, 0) is 56.0 Å². The molecule has 1 atom stereocenters. The highest BCUT2D eigenvalue weighted by molar-refractivity contribution is 5.93. The van der Waals surface area contributed by atoms with Crippen molar-refractivity contribution >= 4 is 17.5 Å². The minimum Gasteiger partial charge on any atom is -0.337 e. The van der Waals surface area contributed by atoms with Crippen LogP contribution in [0, 0.1) is 24.5 Å². The first-order chi connectivity index (χ1) is 16.3. The number of amides is 2. The number of anilines is 1. The lowest BCUT2D eigenvalue weighted by molar-refractivity contribution is -0.140. The van der Waals surface area contributed by atoms with Gasteiger partial charge in [-0.2, -0.15) is 0 Å². The summed E-state index contributed by atoms with van der Waals surface area (Å²) in [7, 11) is 0. The Kier molecular flexibility index (Phi) is 7.61. The zero-order valence-corrected chi connectivity index (χ0v) is 19.9. The Labute approximate surface area is 200 Å². The van der Waals surface area contributed by atoms with Crippen molar-refractivity contribution in [3.05, 3.63) is 64.7 Å². The maximum Gasteiger partial charge on any atom is 0.228 e. The van der Waals surface area contributed by atoms with Crippen molar-refractivity contribution in [3.63, 3.8) is 0 Å². The second kappa shape index (κ2) is 10.6. The van der Waals surface area contributed by atoms with E-state index < -0.39 is 5.82 Å². The molecule has 2 aromatic rings. The first kappa shape index (κ1) is 24.3. The van der Waals surface area contributed by atoms with E-state index in [4.69, 9.17) is 0 Å². The lowest BCUT2D eigenvalue weighted by atomic mass is 10.0. The van der Waals surface area contributed by atoms with E-state index in [2.05, 4.69) is 17.1 Å². The number of benzene rings is 2. The van der Waals surface area contributed by atoms with Crippen molar-refractivity contribution in [2.24, 2.45) is 5.92 Å². The van der Waals surface area contributed by atoms with E-state index >= 15 is 0 Å². The molecule has 1 saturated heterocycles. The molecule has 2 aliphatic rings. The van der Waals surface area contributed by atoms with Crippen molar-refractivity contribution in [2.45, 2.75) is 58.5 Å². The molecule has 0 aromatic heterocycles. The van der Waals surface area contributed by atoms with Crippen molar-refractivity contribution in [3.8, 4) is 0 Å². The molecule has 0 bridgehead atoms. The monoisotopic (exact) mass is 469 g/mol. The molecule has 2 amide bonds. The average Bonchev–Trinajstić information content (AvgIpc) is 3.35. The van der Waals surface area contributed by atoms with Crippen LogP contribution in [0.5, 0.6) is 0 Å². The smallest absolute Gasteiger partial charge is 0.228 e. The van der Waals surface area contributed by atoms with Crippen molar-refractivity contribution < 1.29 is 18.4 Å². The molecule has 2 fully saturated rings. The summed E-state index contributed by atoms with van der Waals surface area (Å²) in [5, 5.41) is 2.81. The molecule has 1 saturated carbocycles. The standard InChI is InChI=1S/C27H33F2N3O2/c1-18-16-31(13-14-32(18)27(34)20-7-3-4-8-20)17-22-19(2)25(12-11-24(22)29)30-26(33)15-21-9-5-6-10-23(21)28/h5-6,9-12,18,20H,3-4,7-8,13-17H2,1-2H3,(H,30,33)/t18-/m0/s1. The van der Waals surface area contributed by atoms with Gasteiger partial charge in [0.1, 0.15) is 11.6 Å². The summed E-state index contributed by atoms with van der Waals surface area (Å²) in [6.07, 6.45) is 4.16. The summed E-state index contributed by atoms with van der Waals surface area (Å²) in [6, 6.07) is 9.17. The summed E-state index contributed by atoms with van der Waals surface area (Å²) < 4.78 is 28.7. The molecule has 0 radical (unpaired) electrons. The van der Waals surface area contributed by atoms with Gasteiger partial charge in [-0.15, -0.1) is 0 Å². The molecule has 182 valence electrons. The van der Waals surface area contributed by atoms with Gasteiger partial charge in [-0.3, -0.25) is 14.5 Å². The number of carbonyl (C=O) groups excluding carboxylic acids is 2. The van der Waals surface area contributed by atoms with Crippen LogP contribution in [0.2, 0.25) is 0 Å². The van der Waals surface area contributed by atoms with Crippen LogP contribution in [0.25, 0.3) is 0 Å². The van der Waals surface area contributed by atoms with Crippen molar-refractivity contribution in [2.75, 3.05) is 25.0 Å². The van der Waals surface area contributed by atoms with E-state index in [1.54, 1.807) is 31.2 Å². The fourth-order valence-electron chi connectivity index (χ4n) is 5.20. The van der Waals surface area contributed by atoms with Gasteiger partial charge in [0.15, 0.2) is 0 Å². The van der Waals surface area contributed by atoms with Crippen molar-refractivity contribution in [1.29, 1.82) is 0 Å². The fraction of sp³-hybridized carbons (Fsp3) is 0.481. The molecule has 1 aliphatic heterocycles. The minimum atomic E-state index is -0.422. The third-order valence-corrected chi connectivity index (χ3v) is 7.21. The maximum absolute atomic E-state index is 14.8.